The van der Waals surface area contributed by atoms with Gasteiger partial charge < -0.3 is 10.2 Å². The molecule has 1 spiro atoms. The van der Waals surface area contributed by atoms with Crippen molar-refractivity contribution in [1.82, 2.24) is 0 Å². The van der Waals surface area contributed by atoms with Crippen LogP contribution >= 0.6 is 0 Å². The van der Waals surface area contributed by atoms with Crippen molar-refractivity contribution in [3.05, 3.63) is 28.8 Å². The predicted octanol–water partition coefficient (Wildman–Crippen LogP) is 3.20. The summed E-state index contributed by atoms with van der Waals surface area (Å²) >= 11 is 0. The molecule has 0 saturated heterocycles. The van der Waals surface area contributed by atoms with E-state index in [-0.39, 0.29) is 5.41 Å². The first-order valence-electron chi connectivity index (χ1n) is 6.67. The first kappa shape index (κ1) is 11.1. The molecule has 0 heterocycles. The number of aliphatic hydroxyl groups is 1. The van der Waals surface area contributed by atoms with Crippen LogP contribution in [0.5, 0.6) is 5.75 Å². The number of aliphatic hydroxyl groups excluding tert-OH is 1. The topological polar surface area (TPSA) is 40.5 Å². The van der Waals surface area contributed by atoms with Gasteiger partial charge in [0.25, 0.3) is 0 Å². The Bertz CT molecular complexity index is 442. The summed E-state index contributed by atoms with van der Waals surface area (Å²) < 4.78 is 0. The summed E-state index contributed by atoms with van der Waals surface area (Å²) in [4.78, 5) is 0. The highest BCUT2D eigenvalue weighted by Crippen LogP contribution is 2.54. The van der Waals surface area contributed by atoms with Crippen molar-refractivity contribution >= 4 is 0 Å². The van der Waals surface area contributed by atoms with Gasteiger partial charge in [0.2, 0.25) is 0 Å². The van der Waals surface area contributed by atoms with Crippen LogP contribution in [0.2, 0.25) is 0 Å². The Morgan fingerprint density at radius 3 is 2.53 bits per heavy atom. The number of aromatic hydroxyl groups is 1. The lowest BCUT2D eigenvalue weighted by molar-refractivity contribution is 0.198. The van der Waals surface area contributed by atoms with Gasteiger partial charge in [-0.15, -0.1) is 0 Å². The molecule has 0 aliphatic heterocycles. The van der Waals surface area contributed by atoms with Crippen molar-refractivity contribution in [2.45, 2.75) is 57.0 Å². The number of hydrogen-bond donors (Lipinski definition) is 2. The van der Waals surface area contributed by atoms with E-state index in [1.165, 1.54) is 31.2 Å². The van der Waals surface area contributed by atoms with Gasteiger partial charge in [-0.2, -0.15) is 0 Å². The van der Waals surface area contributed by atoms with E-state index in [1.807, 2.05) is 13.0 Å². The van der Waals surface area contributed by atoms with Crippen molar-refractivity contribution in [1.29, 1.82) is 0 Å². The number of hydrogen-bond acceptors (Lipinski definition) is 2. The predicted molar refractivity (Wildman–Crippen MR) is 67.2 cm³/mol. The molecule has 0 amide bonds. The van der Waals surface area contributed by atoms with Crippen LogP contribution in [0.4, 0.5) is 0 Å². The highest BCUT2D eigenvalue weighted by molar-refractivity contribution is 5.53. The standard InChI is InChI=1S/C15H20O2/c1-10(16)11-4-5-13(17)14-12(11)6-9-15(14)7-2-3-8-15/h4-5,10,16-17H,2-3,6-9H2,1H3. The van der Waals surface area contributed by atoms with E-state index in [9.17, 15) is 10.2 Å². The Morgan fingerprint density at radius 2 is 1.88 bits per heavy atom. The largest absolute Gasteiger partial charge is 0.508 e. The summed E-state index contributed by atoms with van der Waals surface area (Å²) in [5.41, 5.74) is 3.63. The number of phenolic OH excluding ortho intramolecular Hbond substituents is 1. The number of rotatable bonds is 1. The molecule has 0 radical (unpaired) electrons. The van der Waals surface area contributed by atoms with Crippen molar-refractivity contribution in [3.8, 4) is 5.75 Å². The van der Waals surface area contributed by atoms with Gasteiger partial charge in [0, 0.05) is 5.56 Å². The summed E-state index contributed by atoms with van der Waals surface area (Å²) in [5.74, 6) is 0.448. The summed E-state index contributed by atoms with van der Waals surface area (Å²) in [6.07, 6.45) is 6.70. The fourth-order valence-electron chi connectivity index (χ4n) is 3.95. The van der Waals surface area contributed by atoms with Crippen molar-refractivity contribution in [2.75, 3.05) is 0 Å². The Labute approximate surface area is 102 Å². The minimum atomic E-state index is -0.430. The molecule has 1 unspecified atom stereocenters. The fourth-order valence-corrected chi connectivity index (χ4v) is 3.95. The molecule has 2 aliphatic rings. The Kier molecular flexibility index (Phi) is 2.44. The van der Waals surface area contributed by atoms with Crippen LogP contribution in [0, 0.1) is 0 Å². The first-order valence-corrected chi connectivity index (χ1v) is 6.67. The van der Waals surface area contributed by atoms with E-state index in [2.05, 4.69) is 0 Å². The summed E-state index contributed by atoms with van der Waals surface area (Å²) in [6, 6.07) is 3.65. The van der Waals surface area contributed by atoms with Crippen LogP contribution in [-0.2, 0) is 11.8 Å². The zero-order valence-electron chi connectivity index (χ0n) is 10.4. The van der Waals surface area contributed by atoms with Crippen molar-refractivity contribution < 1.29 is 10.2 Å². The van der Waals surface area contributed by atoms with Gasteiger partial charge in [-0.25, -0.2) is 0 Å². The van der Waals surface area contributed by atoms with Crippen LogP contribution in [0.15, 0.2) is 12.1 Å². The molecule has 0 aromatic heterocycles. The van der Waals surface area contributed by atoms with E-state index in [0.717, 1.165) is 24.0 Å². The third-order valence-electron chi connectivity index (χ3n) is 4.72. The van der Waals surface area contributed by atoms with Gasteiger partial charge in [0.05, 0.1) is 6.10 Å². The molecule has 0 bridgehead atoms. The molecule has 2 N–H and O–H groups in total. The molecule has 2 aliphatic carbocycles. The third-order valence-corrected chi connectivity index (χ3v) is 4.72. The van der Waals surface area contributed by atoms with Crippen LogP contribution in [0.1, 0.15) is 61.8 Å². The third kappa shape index (κ3) is 1.50. The molecule has 3 rings (SSSR count). The van der Waals surface area contributed by atoms with E-state index in [0.29, 0.717) is 5.75 Å². The second-order valence-corrected chi connectivity index (χ2v) is 5.69. The molecular formula is C15H20O2. The first-order chi connectivity index (χ1) is 8.14. The quantitative estimate of drug-likeness (QED) is 0.780. The molecule has 17 heavy (non-hydrogen) atoms. The van der Waals surface area contributed by atoms with Gasteiger partial charge in [0.1, 0.15) is 5.75 Å². The van der Waals surface area contributed by atoms with Gasteiger partial charge >= 0.3 is 0 Å². The molecular weight excluding hydrogens is 212 g/mol. The molecule has 2 nitrogen and oxygen atoms in total. The number of phenols is 1. The van der Waals surface area contributed by atoms with Crippen molar-refractivity contribution in [2.24, 2.45) is 0 Å². The van der Waals surface area contributed by atoms with Crippen LogP contribution in [0.3, 0.4) is 0 Å². The smallest absolute Gasteiger partial charge is 0.119 e. The fraction of sp³-hybridized carbons (Fsp3) is 0.600. The van der Waals surface area contributed by atoms with E-state index in [1.54, 1.807) is 6.07 Å². The Hall–Kier alpha value is -1.02. The van der Waals surface area contributed by atoms with Crippen LogP contribution in [-0.4, -0.2) is 10.2 Å². The van der Waals surface area contributed by atoms with Crippen LogP contribution < -0.4 is 0 Å². The summed E-state index contributed by atoms with van der Waals surface area (Å²) in [5, 5.41) is 20.0. The Balaban J connectivity index is 2.17. The molecule has 1 fully saturated rings. The zero-order chi connectivity index (χ0) is 12.0. The lowest BCUT2D eigenvalue weighted by Crippen LogP contribution is -2.18. The second-order valence-electron chi connectivity index (χ2n) is 5.69. The van der Waals surface area contributed by atoms with Gasteiger partial charge in [-0.1, -0.05) is 18.9 Å². The maximum absolute atomic E-state index is 10.2. The molecule has 1 atom stereocenters. The molecule has 1 aromatic carbocycles. The second kappa shape index (κ2) is 3.74. The lowest BCUT2D eigenvalue weighted by Gasteiger charge is -2.25. The monoisotopic (exact) mass is 232 g/mol. The molecule has 2 heteroatoms. The van der Waals surface area contributed by atoms with Crippen LogP contribution in [0.25, 0.3) is 0 Å². The maximum atomic E-state index is 10.2. The van der Waals surface area contributed by atoms with Gasteiger partial charge in [0.15, 0.2) is 0 Å². The summed E-state index contributed by atoms with van der Waals surface area (Å²) in [6.45, 7) is 1.81. The highest BCUT2D eigenvalue weighted by Gasteiger charge is 2.43. The molecule has 92 valence electrons. The Morgan fingerprint density at radius 1 is 1.18 bits per heavy atom. The lowest BCUT2D eigenvalue weighted by atomic mass is 9.79. The van der Waals surface area contributed by atoms with E-state index in [4.69, 9.17) is 0 Å². The number of fused-ring (bicyclic) bond motifs is 2. The maximum Gasteiger partial charge on any atom is 0.119 e. The zero-order valence-corrected chi connectivity index (χ0v) is 10.4. The minimum absolute atomic E-state index is 0.227. The average molecular weight is 232 g/mol. The normalized spacial score (nSPS) is 22.9. The molecule has 1 saturated carbocycles. The van der Waals surface area contributed by atoms with E-state index < -0.39 is 6.10 Å². The van der Waals surface area contributed by atoms with Gasteiger partial charge in [-0.05, 0) is 55.2 Å². The molecule has 1 aromatic rings. The van der Waals surface area contributed by atoms with E-state index >= 15 is 0 Å². The average Bonchev–Trinajstić information content (AvgIpc) is 2.89. The number of benzene rings is 1. The summed E-state index contributed by atoms with van der Waals surface area (Å²) in [7, 11) is 0. The minimum Gasteiger partial charge on any atom is -0.508 e. The highest BCUT2D eigenvalue weighted by atomic mass is 16.3. The van der Waals surface area contributed by atoms with Crippen molar-refractivity contribution in [3.63, 3.8) is 0 Å². The SMILES string of the molecule is CC(O)c1ccc(O)c2c1CCC21CCCC1. The van der Waals surface area contributed by atoms with Gasteiger partial charge in [-0.3, -0.25) is 0 Å².